The van der Waals surface area contributed by atoms with E-state index in [1.54, 1.807) is 78.9 Å². The predicted molar refractivity (Wildman–Crippen MR) is 116 cm³/mol. The Morgan fingerprint density at radius 1 is 0.935 bits per heavy atom. The maximum atomic E-state index is 13.0. The molecule has 0 aliphatic rings. The second-order valence-corrected chi connectivity index (χ2v) is 6.65. The maximum absolute atomic E-state index is 13.0. The third-order valence-electron chi connectivity index (χ3n) is 4.53. The molecule has 7 nitrogen and oxygen atoms in total. The van der Waals surface area contributed by atoms with Gasteiger partial charge in [-0.05, 0) is 34.9 Å². The van der Waals surface area contributed by atoms with Crippen LogP contribution in [0.3, 0.4) is 0 Å². The number of hydrazone groups is 1. The molecule has 0 aromatic heterocycles. The zero-order valence-corrected chi connectivity index (χ0v) is 17.1. The van der Waals surface area contributed by atoms with Crippen LogP contribution in [0, 0.1) is 0 Å². The Labute approximate surface area is 179 Å². The molecule has 0 heterocycles. The van der Waals surface area contributed by atoms with Gasteiger partial charge in [-0.1, -0.05) is 60.7 Å². The highest BCUT2D eigenvalue weighted by Gasteiger charge is 2.39. The number of aliphatic hydroxyl groups is 1. The minimum atomic E-state index is -1.92. The fourth-order valence-corrected chi connectivity index (χ4v) is 3.04. The molecule has 0 spiro atoms. The van der Waals surface area contributed by atoms with E-state index in [0.717, 1.165) is 0 Å². The number of methoxy groups -OCH3 is 1. The highest BCUT2D eigenvalue weighted by atomic mass is 16.6. The Kier molecular flexibility index (Phi) is 6.79. The second-order valence-electron chi connectivity index (χ2n) is 6.65. The predicted octanol–water partition coefficient (Wildman–Crippen LogP) is 3.01. The summed E-state index contributed by atoms with van der Waals surface area (Å²) in [5.41, 5.74) is 1.92. The molecule has 31 heavy (non-hydrogen) atoms. The van der Waals surface area contributed by atoms with E-state index in [0.29, 0.717) is 22.4 Å². The normalized spacial score (nSPS) is 11.2. The number of carbonyl (C=O) groups is 2. The van der Waals surface area contributed by atoms with E-state index in [4.69, 9.17) is 9.47 Å². The van der Waals surface area contributed by atoms with Gasteiger partial charge in [0.15, 0.2) is 17.1 Å². The van der Waals surface area contributed by atoms with Crippen molar-refractivity contribution in [1.82, 2.24) is 5.43 Å². The number of rotatable bonds is 7. The molecular weight excluding hydrogens is 396 g/mol. The monoisotopic (exact) mass is 418 g/mol. The van der Waals surface area contributed by atoms with Crippen molar-refractivity contribution >= 4 is 18.1 Å². The van der Waals surface area contributed by atoms with Crippen molar-refractivity contribution in [3.63, 3.8) is 0 Å². The molecule has 0 radical (unpaired) electrons. The summed E-state index contributed by atoms with van der Waals surface area (Å²) in [5.74, 6) is -0.549. The Bertz CT molecular complexity index is 1040. The molecule has 0 aliphatic carbocycles. The molecule has 0 unspecified atom stereocenters. The van der Waals surface area contributed by atoms with E-state index in [2.05, 4.69) is 10.5 Å². The first kappa shape index (κ1) is 21.7. The molecule has 0 atom stereocenters. The molecule has 3 aromatic carbocycles. The minimum Gasteiger partial charge on any atom is -0.493 e. The van der Waals surface area contributed by atoms with E-state index in [9.17, 15) is 14.7 Å². The largest absolute Gasteiger partial charge is 0.493 e. The zero-order valence-electron chi connectivity index (χ0n) is 17.1. The highest BCUT2D eigenvalue weighted by Crippen LogP contribution is 2.30. The number of benzene rings is 3. The number of hydrogen-bond donors (Lipinski definition) is 2. The van der Waals surface area contributed by atoms with E-state index in [-0.39, 0.29) is 5.75 Å². The average molecular weight is 418 g/mol. The molecule has 0 saturated carbocycles. The molecular formula is C24H22N2O5. The molecule has 2 N–H and O–H groups in total. The van der Waals surface area contributed by atoms with Gasteiger partial charge < -0.3 is 14.6 Å². The van der Waals surface area contributed by atoms with Gasteiger partial charge in [-0.2, -0.15) is 5.10 Å². The van der Waals surface area contributed by atoms with Crippen LogP contribution in [0.25, 0.3) is 0 Å². The SMILES string of the molecule is COc1cc(/C=N\NC(=O)C(O)(c2ccccc2)c2ccccc2)ccc1OC(C)=O. The summed E-state index contributed by atoms with van der Waals surface area (Å²) in [6.45, 7) is 1.30. The summed E-state index contributed by atoms with van der Waals surface area (Å²) in [7, 11) is 1.45. The lowest BCUT2D eigenvalue weighted by Gasteiger charge is -2.27. The van der Waals surface area contributed by atoms with E-state index in [1.807, 2.05) is 0 Å². The Morgan fingerprint density at radius 3 is 2.03 bits per heavy atom. The topological polar surface area (TPSA) is 97.2 Å². The van der Waals surface area contributed by atoms with E-state index >= 15 is 0 Å². The lowest BCUT2D eigenvalue weighted by molar-refractivity contribution is -0.136. The van der Waals surface area contributed by atoms with Gasteiger partial charge in [-0.15, -0.1) is 0 Å². The van der Waals surface area contributed by atoms with Gasteiger partial charge >= 0.3 is 5.97 Å². The van der Waals surface area contributed by atoms with E-state index in [1.165, 1.54) is 20.2 Å². The van der Waals surface area contributed by atoms with Crippen molar-refractivity contribution in [3.8, 4) is 11.5 Å². The van der Waals surface area contributed by atoms with Gasteiger partial charge in [0, 0.05) is 6.92 Å². The summed E-state index contributed by atoms with van der Waals surface area (Å²) in [6, 6.07) is 22.1. The molecule has 0 bridgehead atoms. The number of hydrogen-bond acceptors (Lipinski definition) is 6. The number of carbonyl (C=O) groups excluding carboxylic acids is 2. The van der Waals surface area contributed by atoms with Crippen LogP contribution in [0.2, 0.25) is 0 Å². The summed E-state index contributed by atoms with van der Waals surface area (Å²) < 4.78 is 10.3. The van der Waals surface area contributed by atoms with Crippen LogP contribution in [0.15, 0.2) is 84.0 Å². The molecule has 1 amide bonds. The van der Waals surface area contributed by atoms with Crippen LogP contribution in [-0.4, -0.2) is 30.3 Å². The summed E-state index contributed by atoms with van der Waals surface area (Å²) in [5, 5.41) is 15.3. The Balaban J connectivity index is 1.83. The van der Waals surface area contributed by atoms with Crippen molar-refractivity contribution in [3.05, 3.63) is 95.6 Å². The zero-order chi connectivity index (χ0) is 22.3. The molecule has 0 fully saturated rings. The number of nitrogens with one attached hydrogen (secondary N) is 1. The van der Waals surface area contributed by atoms with Gasteiger partial charge in [-0.25, -0.2) is 5.43 Å². The van der Waals surface area contributed by atoms with Crippen LogP contribution < -0.4 is 14.9 Å². The quantitative estimate of drug-likeness (QED) is 0.266. The highest BCUT2D eigenvalue weighted by molar-refractivity contribution is 5.91. The van der Waals surface area contributed by atoms with Crippen molar-refractivity contribution in [2.75, 3.05) is 7.11 Å². The van der Waals surface area contributed by atoms with Crippen LogP contribution in [-0.2, 0) is 15.2 Å². The van der Waals surface area contributed by atoms with Crippen LogP contribution in [0.4, 0.5) is 0 Å². The first-order valence-corrected chi connectivity index (χ1v) is 9.48. The molecule has 3 aromatic rings. The van der Waals surface area contributed by atoms with Crippen molar-refractivity contribution < 1.29 is 24.2 Å². The molecule has 7 heteroatoms. The standard InChI is InChI=1S/C24H22N2O5/c1-17(27)31-21-14-13-18(15-22(21)30-2)16-25-26-23(28)24(29,19-9-5-3-6-10-19)20-11-7-4-8-12-20/h3-16,29H,1-2H3,(H,26,28)/b25-16-. The van der Waals surface area contributed by atoms with Crippen LogP contribution in [0.1, 0.15) is 23.6 Å². The summed E-state index contributed by atoms with van der Waals surface area (Å²) in [4.78, 5) is 24.2. The van der Waals surface area contributed by atoms with Crippen LogP contribution >= 0.6 is 0 Å². The second kappa shape index (κ2) is 9.69. The van der Waals surface area contributed by atoms with Gasteiger partial charge in [0.2, 0.25) is 0 Å². The Hall–Kier alpha value is -3.97. The maximum Gasteiger partial charge on any atom is 0.308 e. The van der Waals surface area contributed by atoms with Gasteiger partial charge in [0.25, 0.3) is 5.91 Å². The molecule has 0 saturated heterocycles. The summed E-state index contributed by atoms with van der Waals surface area (Å²) in [6.07, 6.45) is 1.40. The average Bonchev–Trinajstić information content (AvgIpc) is 2.80. The third kappa shape index (κ3) is 4.96. The van der Waals surface area contributed by atoms with E-state index < -0.39 is 17.5 Å². The lowest BCUT2D eigenvalue weighted by atomic mass is 9.85. The number of amides is 1. The number of ether oxygens (including phenoxy) is 2. The van der Waals surface area contributed by atoms with Gasteiger partial charge in [-0.3, -0.25) is 9.59 Å². The minimum absolute atomic E-state index is 0.277. The van der Waals surface area contributed by atoms with Gasteiger partial charge in [0.1, 0.15) is 0 Å². The van der Waals surface area contributed by atoms with Crippen molar-refractivity contribution in [2.24, 2.45) is 5.10 Å². The first-order valence-electron chi connectivity index (χ1n) is 9.48. The van der Waals surface area contributed by atoms with Crippen LogP contribution in [0.5, 0.6) is 11.5 Å². The summed E-state index contributed by atoms with van der Waals surface area (Å²) >= 11 is 0. The van der Waals surface area contributed by atoms with Crippen molar-refractivity contribution in [2.45, 2.75) is 12.5 Å². The smallest absolute Gasteiger partial charge is 0.308 e. The molecule has 3 rings (SSSR count). The Morgan fingerprint density at radius 2 is 1.52 bits per heavy atom. The lowest BCUT2D eigenvalue weighted by Crippen LogP contribution is -2.43. The van der Waals surface area contributed by atoms with Gasteiger partial charge in [0.05, 0.1) is 13.3 Å². The van der Waals surface area contributed by atoms with Crippen molar-refractivity contribution in [1.29, 1.82) is 0 Å². The number of esters is 1. The fourth-order valence-electron chi connectivity index (χ4n) is 3.04. The third-order valence-corrected chi connectivity index (χ3v) is 4.53. The molecule has 158 valence electrons. The fraction of sp³-hybridized carbons (Fsp3) is 0.125. The number of nitrogens with zero attached hydrogens (tertiary/aromatic N) is 1. The first-order chi connectivity index (χ1) is 14.9. The molecule has 0 aliphatic heterocycles.